The third-order valence-corrected chi connectivity index (χ3v) is 8.15. The van der Waals surface area contributed by atoms with Gasteiger partial charge in [0.25, 0.3) is 0 Å². The molecule has 4 aromatic rings. The maximum atomic E-state index is 15.1. The van der Waals surface area contributed by atoms with Crippen molar-refractivity contribution in [3.8, 4) is 22.9 Å². The average Bonchev–Trinajstić information content (AvgIpc) is 2.99. The molecule has 13 heteroatoms. The number of ether oxygens (including phenoxy) is 1. The molecular formula is C30H30F4N6O2S. The second-order valence-electron chi connectivity index (χ2n) is 10.4. The van der Waals surface area contributed by atoms with Crippen LogP contribution in [0.1, 0.15) is 24.8 Å². The summed E-state index contributed by atoms with van der Waals surface area (Å²) in [5.41, 5.74) is 0.444. The van der Waals surface area contributed by atoms with Crippen molar-refractivity contribution in [2.45, 2.75) is 43.3 Å². The zero-order valence-corrected chi connectivity index (χ0v) is 24.3. The molecule has 2 aromatic heterocycles. The second-order valence-corrected chi connectivity index (χ2v) is 11.5. The second kappa shape index (κ2) is 13.5. The first-order chi connectivity index (χ1) is 20.7. The number of halogens is 4. The molecule has 2 aromatic carbocycles. The maximum Gasteiger partial charge on any atom is 0.228 e. The van der Waals surface area contributed by atoms with E-state index in [9.17, 15) is 17.4 Å². The molecule has 43 heavy (non-hydrogen) atoms. The zero-order chi connectivity index (χ0) is 30.5. The lowest BCUT2D eigenvalue weighted by atomic mass is 9.89. The van der Waals surface area contributed by atoms with Crippen LogP contribution >= 0.6 is 0 Å². The molecule has 0 amide bonds. The fourth-order valence-electron chi connectivity index (χ4n) is 4.96. The normalized spacial score (nSPS) is 19.2. The number of hydrogen-bond acceptors (Lipinski definition) is 7. The summed E-state index contributed by atoms with van der Waals surface area (Å²) in [5, 5.41) is 3.18. The fourth-order valence-corrected chi connectivity index (χ4v) is 5.94. The van der Waals surface area contributed by atoms with Crippen LogP contribution in [0.3, 0.4) is 0 Å². The summed E-state index contributed by atoms with van der Waals surface area (Å²) < 4.78 is 79.8. The number of nitrogens with zero attached hydrogens (tertiary/aromatic N) is 4. The first-order valence-corrected chi connectivity index (χ1v) is 14.9. The van der Waals surface area contributed by atoms with E-state index in [1.807, 2.05) is 19.0 Å². The van der Waals surface area contributed by atoms with Crippen LogP contribution in [-0.4, -0.2) is 56.4 Å². The number of rotatable bonds is 10. The smallest absolute Gasteiger partial charge is 0.228 e. The third-order valence-electron chi connectivity index (χ3n) is 7.13. The number of pyridine rings is 1. The van der Waals surface area contributed by atoms with Crippen molar-refractivity contribution in [3.05, 3.63) is 90.0 Å². The molecule has 0 spiro atoms. The van der Waals surface area contributed by atoms with Crippen LogP contribution in [0.25, 0.3) is 11.3 Å². The Morgan fingerprint density at radius 3 is 2.53 bits per heavy atom. The molecular weight excluding hydrogens is 584 g/mol. The summed E-state index contributed by atoms with van der Waals surface area (Å²) in [5.74, 6) is -4.97. The van der Waals surface area contributed by atoms with Crippen molar-refractivity contribution >= 4 is 22.6 Å². The van der Waals surface area contributed by atoms with E-state index in [2.05, 4.69) is 25.0 Å². The molecule has 2 heterocycles. The number of benzene rings is 2. The van der Waals surface area contributed by atoms with E-state index in [0.29, 0.717) is 35.7 Å². The van der Waals surface area contributed by atoms with Crippen molar-refractivity contribution in [1.29, 1.82) is 0 Å². The molecule has 0 aliphatic heterocycles. The monoisotopic (exact) mass is 614 g/mol. The van der Waals surface area contributed by atoms with Crippen molar-refractivity contribution in [2.24, 2.45) is 0 Å². The van der Waals surface area contributed by atoms with E-state index >= 15 is 4.39 Å². The Morgan fingerprint density at radius 2 is 1.79 bits per heavy atom. The van der Waals surface area contributed by atoms with E-state index in [-0.39, 0.29) is 29.7 Å². The predicted molar refractivity (Wildman–Crippen MR) is 157 cm³/mol. The predicted octanol–water partition coefficient (Wildman–Crippen LogP) is 6.26. The van der Waals surface area contributed by atoms with Crippen molar-refractivity contribution in [2.75, 3.05) is 24.1 Å². The molecule has 4 atom stereocenters. The average molecular weight is 615 g/mol. The van der Waals surface area contributed by atoms with Crippen LogP contribution in [0.2, 0.25) is 0 Å². The molecule has 5 rings (SSSR count). The summed E-state index contributed by atoms with van der Waals surface area (Å²) in [6, 6.07) is 13.8. The van der Waals surface area contributed by atoms with Gasteiger partial charge in [-0.05, 0) is 50.7 Å². The first kappa shape index (κ1) is 30.4. The molecule has 0 saturated heterocycles. The van der Waals surface area contributed by atoms with Crippen LogP contribution in [0.5, 0.6) is 11.6 Å². The molecule has 1 saturated carbocycles. The van der Waals surface area contributed by atoms with Crippen LogP contribution in [0.15, 0.2) is 67.0 Å². The maximum absolute atomic E-state index is 15.1. The highest BCUT2D eigenvalue weighted by Crippen LogP contribution is 2.36. The summed E-state index contributed by atoms with van der Waals surface area (Å²) in [6.45, 7) is 0. The van der Waals surface area contributed by atoms with Crippen LogP contribution in [-0.2, 0) is 16.7 Å². The molecule has 0 bridgehead atoms. The van der Waals surface area contributed by atoms with Gasteiger partial charge in [0.05, 0.1) is 17.0 Å². The molecule has 1 aliphatic carbocycles. The van der Waals surface area contributed by atoms with E-state index in [4.69, 9.17) is 4.74 Å². The molecule has 2 N–H and O–H groups in total. The van der Waals surface area contributed by atoms with Gasteiger partial charge in [0, 0.05) is 37.0 Å². The first-order valence-electron chi connectivity index (χ1n) is 13.6. The number of anilines is 2. The minimum absolute atomic E-state index is 0.0433. The Balaban J connectivity index is 1.33. The Hall–Kier alpha value is -4.10. The molecule has 0 radical (unpaired) electrons. The summed E-state index contributed by atoms with van der Waals surface area (Å²) in [4.78, 5) is 14.7. The molecule has 8 nitrogen and oxygen atoms in total. The zero-order valence-electron chi connectivity index (χ0n) is 23.4. The lowest BCUT2D eigenvalue weighted by Crippen LogP contribution is -2.44. The van der Waals surface area contributed by atoms with Gasteiger partial charge in [-0.15, -0.1) is 0 Å². The lowest BCUT2D eigenvalue weighted by Gasteiger charge is -2.35. The Bertz CT molecular complexity index is 1600. The van der Waals surface area contributed by atoms with Gasteiger partial charge in [0.2, 0.25) is 17.6 Å². The summed E-state index contributed by atoms with van der Waals surface area (Å²) in [6.07, 6.45) is 3.59. The van der Waals surface area contributed by atoms with Crippen LogP contribution < -0.4 is 14.8 Å². The molecule has 4 unspecified atom stereocenters. The Labute approximate surface area is 249 Å². The van der Waals surface area contributed by atoms with Crippen LogP contribution in [0.4, 0.5) is 29.2 Å². The van der Waals surface area contributed by atoms with Gasteiger partial charge in [-0.25, -0.2) is 32.3 Å². The van der Waals surface area contributed by atoms with Crippen molar-refractivity contribution in [3.63, 3.8) is 0 Å². The number of hydrogen-bond donors (Lipinski definition) is 2. The fraction of sp³-hybridized carbons (Fsp3) is 0.300. The van der Waals surface area contributed by atoms with Gasteiger partial charge in [0.15, 0.2) is 17.4 Å². The molecule has 1 fully saturated rings. The summed E-state index contributed by atoms with van der Waals surface area (Å²) >= 11 is 0. The Morgan fingerprint density at radius 1 is 1.00 bits per heavy atom. The van der Waals surface area contributed by atoms with Gasteiger partial charge in [-0.2, -0.15) is 4.39 Å². The summed E-state index contributed by atoms with van der Waals surface area (Å²) in [7, 11) is 1.79. The minimum atomic E-state index is -1.93. The number of nitrogens with one attached hydrogen (secondary N) is 2. The highest BCUT2D eigenvalue weighted by Gasteiger charge is 2.32. The SMILES string of the molecule is CN(C)C1CCC(Nc2nccc(-c3cccnc3Oc3cc(F)c(NS(=O)Cc4ccccc4)c(F)c3F)n2)CC1F. The standard InChI is InChI=1S/C30H30F4N6O2S/c1-40(2)24-11-10-19(15-21(24)31)37-30-36-14-12-23(38-30)20-9-6-13-35-29(20)42-25-16-22(32)28(27(34)26(25)33)39-43(41)17-18-7-4-3-5-8-18/h3-9,12-14,16,19,21,24,39H,10-11,15,17H2,1-2H3,(H,36,37,38). The van der Waals surface area contributed by atoms with Gasteiger partial charge in [0.1, 0.15) is 22.8 Å². The largest absolute Gasteiger partial charge is 0.435 e. The van der Waals surface area contributed by atoms with Gasteiger partial charge < -0.3 is 15.0 Å². The van der Waals surface area contributed by atoms with E-state index < -0.39 is 46.0 Å². The third kappa shape index (κ3) is 7.28. The van der Waals surface area contributed by atoms with E-state index in [1.54, 1.807) is 48.5 Å². The highest BCUT2D eigenvalue weighted by molar-refractivity contribution is 7.85. The molecule has 226 valence electrons. The van der Waals surface area contributed by atoms with Gasteiger partial charge in [-0.1, -0.05) is 30.3 Å². The minimum Gasteiger partial charge on any atom is -0.435 e. The van der Waals surface area contributed by atoms with Crippen molar-refractivity contribution < 1.29 is 26.5 Å². The topological polar surface area (TPSA) is 92.3 Å². The number of alkyl halides is 1. The lowest BCUT2D eigenvalue weighted by molar-refractivity contribution is 0.109. The highest BCUT2D eigenvalue weighted by atomic mass is 32.2. The number of aromatic nitrogens is 3. The van der Waals surface area contributed by atoms with Gasteiger partial charge >= 0.3 is 0 Å². The quantitative estimate of drug-likeness (QED) is 0.161. The van der Waals surface area contributed by atoms with Gasteiger partial charge in [-0.3, -0.25) is 4.72 Å². The van der Waals surface area contributed by atoms with E-state index in [0.717, 1.165) is 6.42 Å². The van der Waals surface area contributed by atoms with E-state index in [1.165, 1.54) is 12.4 Å². The van der Waals surface area contributed by atoms with Crippen LogP contribution in [0, 0.1) is 17.5 Å². The molecule has 1 aliphatic rings. The van der Waals surface area contributed by atoms with Crippen molar-refractivity contribution in [1.82, 2.24) is 19.9 Å². The Kier molecular flexibility index (Phi) is 9.51.